The number of aliphatic hydroxyl groups is 3. The van der Waals surface area contributed by atoms with Crippen LogP contribution in [0.15, 0.2) is 46.3 Å². The molecule has 0 amide bonds. The van der Waals surface area contributed by atoms with Gasteiger partial charge in [0.15, 0.2) is 5.76 Å². The van der Waals surface area contributed by atoms with Crippen LogP contribution in [0.1, 0.15) is 73.1 Å². The minimum Gasteiger partial charge on any atom is -0.504 e. The van der Waals surface area contributed by atoms with Crippen LogP contribution < -0.4 is 0 Å². The molecule has 29 heavy (non-hydrogen) atoms. The van der Waals surface area contributed by atoms with Crippen molar-refractivity contribution in [1.29, 1.82) is 0 Å². The highest BCUT2D eigenvalue weighted by Gasteiger charge is 2.51. The number of allylic oxidation sites excluding steroid dienone is 6. The number of carbonyl (C=O) groups excluding carboxylic acids is 1. The predicted molar refractivity (Wildman–Crippen MR) is 117 cm³/mol. The van der Waals surface area contributed by atoms with Gasteiger partial charge < -0.3 is 15.3 Å². The molecular weight excluding hydrogens is 364 g/mol. The second kappa shape index (κ2) is 9.90. The molecule has 4 heteroatoms. The van der Waals surface area contributed by atoms with E-state index in [2.05, 4.69) is 26.0 Å². The van der Waals surface area contributed by atoms with E-state index in [0.717, 1.165) is 24.8 Å². The quantitative estimate of drug-likeness (QED) is 0.556. The summed E-state index contributed by atoms with van der Waals surface area (Å²) in [5.74, 6) is -0.860. The zero-order valence-corrected chi connectivity index (χ0v) is 18.7. The Labute approximate surface area is 175 Å². The average molecular weight is 403 g/mol. The van der Waals surface area contributed by atoms with Crippen molar-refractivity contribution in [1.82, 2.24) is 0 Å². The Balaban J connectivity index is 2.46. The first kappa shape index (κ1) is 23.6. The zero-order valence-electron chi connectivity index (χ0n) is 18.7. The molecule has 0 fully saturated rings. The van der Waals surface area contributed by atoms with Crippen molar-refractivity contribution in [3.05, 3.63) is 46.3 Å². The van der Waals surface area contributed by atoms with Crippen LogP contribution in [0.25, 0.3) is 0 Å². The standard InChI is InChI=1S/C25H38O4/c1-16-7-6-8-17(2)13-14-25(5)20(11-10-18(3)21(27)12-9-16)22(19(4)15-26)23(28)24(25)29/h7,10,13,19-21,26-28H,6,8-9,11-12,14-15H2,1-5H3/b16-7+,17-13-,18-10+. The lowest BCUT2D eigenvalue weighted by atomic mass is 9.70. The zero-order chi connectivity index (χ0) is 21.8. The molecule has 2 rings (SSSR count). The smallest absolute Gasteiger partial charge is 0.203 e. The second-order valence-corrected chi connectivity index (χ2v) is 9.27. The molecule has 0 saturated carbocycles. The van der Waals surface area contributed by atoms with Gasteiger partial charge in [0.05, 0.1) is 6.10 Å². The fourth-order valence-corrected chi connectivity index (χ4v) is 4.53. The molecule has 0 aromatic heterocycles. The highest BCUT2D eigenvalue weighted by molar-refractivity contribution is 6.02. The number of aliphatic hydroxyl groups excluding tert-OH is 3. The molecule has 0 aromatic carbocycles. The van der Waals surface area contributed by atoms with Crippen LogP contribution >= 0.6 is 0 Å². The van der Waals surface area contributed by atoms with Crippen LogP contribution in [0.4, 0.5) is 0 Å². The van der Waals surface area contributed by atoms with Gasteiger partial charge in [-0.1, -0.05) is 43.2 Å². The van der Waals surface area contributed by atoms with Gasteiger partial charge in [-0.15, -0.1) is 0 Å². The maximum absolute atomic E-state index is 13.1. The summed E-state index contributed by atoms with van der Waals surface area (Å²) in [6.07, 6.45) is 10.4. The lowest BCUT2D eigenvalue weighted by molar-refractivity contribution is -0.126. The van der Waals surface area contributed by atoms with Gasteiger partial charge >= 0.3 is 0 Å². The fourth-order valence-electron chi connectivity index (χ4n) is 4.53. The Morgan fingerprint density at radius 1 is 1.14 bits per heavy atom. The summed E-state index contributed by atoms with van der Waals surface area (Å²) in [4.78, 5) is 13.1. The first-order chi connectivity index (χ1) is 13.6. The van der Waals surface area contributed by atoms with Crippen molar-refractivity contribution in [3.63, 3.8) is 0 Å². The molecule has 0 heterocycles. The molecule has 162 valence electrons. The van der Waals surface area contributed by atoms with Crippen LogP contribution in [0.3, 0.4) is 0 Å². The van der Waals surface area contributed by atoms with Crippen molar-refractivity contribution < 1.29 is 20.1 Å². The van der Waals surface area contributed by atoms with E-state index in [4.69, 9.17) is 0 Å². The Morgan fingerprint density at radius 3 is 2.45 bits per heavy atom. The molecule has 0 aromatic rings. The third-order valence-corrected chi connectivity index (χ3v) is 6.88. The number of Topliss-reactive ketones (excluding diaryl/α,β-unsaturated/α-hetero) is 1. The number of hydrogen-bond donors (Lipinski definition) is 3. The molecule has 0 aliphatic heterocycles. The van der Waals surface area contributed by atoms with E-state index in [1.54, 1.807) is 0 Å². The number of hydrogen-bond acceptors (Lipinski definition) is 4. The lowest BCUT2D eigenvalue weighted by Gasteiger charge is -2.32. The Kier molecular flexibility index (Phi) is 8.07. The maximum atomic E-state index is 13.1. The number of carbonyl (C=O) groups is 1. The molecule has 0 radical (unpaired) electrons. The summed E-state index contributed by atoms with van der Waals surface area (Å²) < 4.78 is 0. The molecule has 4 atom stereocenters. The molecule has 0 saturated heterocycles. The van der Waals surface area contributed by atoms with Gasteiger partial charge in [-0.2, -0.15) is 0 Å². The van der Waals surface area contributed by atoms with E-state index in [1.165, 1.54) is 11.1 Å². The van der Waals surface area contributed by atoms with E-state index in [-0.39, 0.29) is 30.0 Å². The van der Waals surface area contributed by atoms with Gasteiger partial charge in [-0.05, 0) is 70.4 Å². The third kappa shape index (κ3) is 5.29. The van der Waals surface area contributed by atoms with Crippen LogP contribution in [-0.2, 0) is 4.79 Å². The van der Waals surface area contributed by atoms with E-state index in [0.29, 0.717) is 24.8 Å². The minimum absolute atomic E-state index is 0.107. The van der Waals surface area contributed by atoms with E-state index in [9.17, 15) is 20.1 Å². The normalized spacial score (nSPS) is 36.7. The molecule has 4 unspecified atom stereocenters. The Morgan fingerprint density at radius 2 is 1.79 bits per heavy atom. The van der Waals surface area contributed by atoms with Crippen LogP contribution in [0, 0.1) is 17.3 Å². The summed E-state index contributed by atoms with van der Waals surface area (Å²) >= 11 is 0. The molecule has 3 N–H and O–H groups in total. The van der Waals surface area contributed by atoms with Gasteiger partial charge in [0, 0.05) is 23.9 Å². The van der Waals surface area contributed by atoms with Gasteiger partial charge in [0.1, 0.15) is 0 Å². The predicted octanol–water partition coefficient (Wildman–Crippen LogP) is 5.19. The topological polar surface area (TPSA) is 77.8 Å². The lowest BCUT2D eigenvalue weighted by Crippen LogP contribution is -2.32. The number of ketones is 1. The third-order valence-electron chi connectivity index (χ3n) is 6.88. The summed E-state index contributed by atoms with van der Waals surface area (Å²) in [6, 6.07) is 0. The average Bonchev–Trinajstić information content (AvgIpc) is 2.88. The van der Waals surface area contributed by atoms with Crippen LogP contribution in [0.2, 0.25) is 0 Å². The summed E-state index contributed by atoms with van der Waals surface area (Å²) in [5.41, 5.74) is 3.36. The van der Waals surface area contributed by atoms with E-state index in [1.807, 2.05) is 26.8 Å². The van der Waals surface area contributed by atoms with Gasteiger partial charge in [0.2, 0.25) is 5.78 Å². The van der Waals surface area contributed by atoms with Gasteiger partial charge in [-0.25, -0.2) is 0 Å². The van der Waals surface area contributed by atoms with Crippen molar-refractivity contribution in [2.45, 2.75) is 79.2 Å². The Hall–Kier alpha value is -1.65. The second-order valence-electron chi connectivity index (χ2n) is 9.27. The molecule has 2 aliphatic rings. The molecule has 0 spiro atoms. The molecule has 2 aliphatic carbocycles. The van der Waals surface area contributed by atoms with Crippen molar-refractivity contribution >= 4 is 5.78 Å². The molecule has 4 nitrogen and oxygen atoms in total. The van der Waals surface area contributed by atoms with Gasteiger partial charge in [-0.3, -0.25) is 4.79 Å². The van der Waals surface area contributed by atoms with Crippen molar-refractivity contribution in [3.8, 4) is 0 Å². The first-order valence-electron chi connectivity index (χ1n) is 10.9. The highest BCUT2D eigenvalue weighted by Crippen LogP contribution is 2.50. The summed E-state index contributed by atoms with van der Waals surface area (Å²) in [7, 11) is 0. The Bertz CT molecular complexity index is 740. The molecular formula is C25H38O4. The van der Waals surface area contributed by atoms with Gasteiger partial charge in [0.25, 0.3) is 0 Å². The first-order valence-corrected chi connectivity index (χ1v) is 10.9. The largest absolute Gasteiger partial charge is 0.504 e. The number of fused-ring (bicyclic) bond motifs is 1. The summed E-state index contributed by atoms with van der Waals surface area (Å²) in [5, 5.41) is 30.9. The fraction of sp³-hybridized carbons (Fsp3) is 0.640. The monoisotopic (exact) mass is 402 g/mol. The molecule has 0 bridgehead atoms. The van der Waals surface area contributed by atoms with E-state index < -0.39 is 11.5 Å². The van der Waals surface area contributed by atoms with Crippen LogP contribution in [0.5, 0.6) is 0 Å². The van der Waals surface area contributed by atoms with E-state index >= 15 is 0 Å². The van der Waals surface area contributed by atoms with Crippen LogP contribution in [-0.4, -0.2) is 33.8 Å². The maximum Gasteiger partial charge on any atom is 0.203 e. The minimum atomic E-state index is -0.738. The highest BCUT2D eigenvalue weighted by atomic mass is 16.3. The number of rotatable bonds is 2. The SMILES string of the molecule is C/C1=C/CC2(C)C(=O)C(O)=C(C(C)CO)C2C/C=C(\C)C(O)CC/C(C)=C/CC1. The van der Waals surface area contributed by atoms with Crippen molar-refractivity contribution in [2.24, 2.45) is 17.3 Å². The van der Waals surface area contributed by atoms with Crippen molar-refractivity contribution in [2.75, 3.05) is 6.61 Å². The summed E-state index contributed by atoms with van der Waals surface area (Å²) in [6.45, 7) is 9.81.